The van der Waals surface area contributed by atoms with E-state index in [2.05, 4.69) is 20.5 Å². The molecule has 10 nitrogen and oxygen atoms in total. The Morgan fingerprint density at radius 3 is 1.84 bits per heavy atom. The largest absolute Gasteiger partial charge is 0.478 e. The number of rotatable bonds is 4. The van der Waals surface area contributed by atoms with Crippen LogP contribution in [0.1, 0.15) is 43.2 Å². The van der Waals surface area contributed by atoms with Gasteiger partial charge in [-0.1, -0.05) is 28.5 Å². The molecule has 0 radical (unpaired) electrons. The van der Waals surface area contributed by atoms with E-state index in [0.29, 0.717) is 11.4 Å². The third kappa shape index (κ3) is 5.04. The first-order valence-electron chi connectivity index (χ1n) is 9.62. The molecule has 2 heterocycles. The van der Waals surface area contributed by atoms with Crippen LogP contribution in [0.3, 0.4) is 0 Å². The number of nitrogens with zero attached hydrogens (tertiary/aromatic N) is 6. The molecule has 0 aliphatic rings. The van der Waals surface area contributed by atoms with Crippen molar-refractivity contribution in [1.29, 1.82) is 0 Å². The maximum atomic E-state index is 11.1. The maximum absolute atomic E-state index is 11.1. The van der Waals surface area contributed by atoms with E-state index < -0.39 is 11.9 Å². The zero-order valence-electron chi connectivity index (χ0n) is 18.0. The van der Waals surface area contributed by atoms with Crippen molar-refractivity contribution in [2.24, 2.45) is 0 Å². The van der Waals surface area contributed by atoms with Gasteiger partial charge in [-0.05, 0) is 52.0 Å². The molecule has 0 atom stereocenters. The average Bonchev–Trinajstić information content (AvgIpc) is 3.36. The highest BCUT2D eigenvalue weighted by Gasteiger charge is 2.14. The van der Waals surface area contributed by atoms with Gasteiger partial charge in [0.05, 0.1) is 40.6 Å². The molecule has 2 N–H and O–H groups in total. The van der Waals surface area contributed by atoms with Gasteiger partial charge in [-0.25, -0.2) is 14.3 Å². The zero-order valence-corrected chi connectivity index (χ0v) is 18.0. The van der Waals surface area contributed by atoms with Crippen LogP contribution in [0.4, 0.5) is 0 Å². The second-order valence-electron chi connectivity index (χ2n) is 7.23. The lowest BCUT2D eigenvalue weighted by Gasteiger charge is -2.05. The Morgan fingerprint density at radius 2 is 1.38 bits per heavy atom. The second-order valence-corrected chi connectivity index (χ2v) is 7.23. The molecule has 0 amide bonds. The first-order chi connectivity index (χ1) is 15.2. The highest BCUT2D eigenvalue weighted by Crippen LogP contribution is 2.16. The number of carboxylic acid groups (broad SMARTS) is 2. The number of aryl methyl sites for hydroxylation is 4. The molecule has 32 heavy (non-hydrogen) atoms. The van der Waals surface area contributed by atoms with Crippen LogP contribution in [0.2, 0.25) is 0 Å². The number of carboxylic acids is 2. The summed E-state index contributed by atoms with van der Waals surface area (Å²) >= 11 is 0. The molecule has 0 spiro atoms. The quantitative estimate of drug-likeness (QED) is 0.500. The summed E-state index contributed by atoms with van der Waals surface area (Å²) < 4.78 is 1.47. The maximum Gasteiger partial charge on any atom is 0.337 e. The van der Waals surface area contributed by atoms with Gasteiger partial charge in [0.1, 0.15) is 5.69 Å². The molecular formula is C22H22N6O4. The monoisotopic (exact) mass is 434 g/mol. The number of hydrogen-bond acceptors (Lipinski definition) is 6. The third-order valence-electron chi connectivity index (χ3n) is 4.44. The fourth-order valence-corrected chi connectivity index (χ4v) is 2.94. The molecule has 2 aromatic carbocycles. The summed E-state index contributed by atoms with van der Waals surface area (Å²) in [4.78, 5) is 23.5. The molecule has 164 valence electrons. The Hall–Kier alpha value is -4.34. The minimum atomic E-state index is -0.978. The number of aromatic carboxylic acids is 2. The van der Waals surface area contributed by atoms with E-state index >= 15 is 0 Å². The minimum Gasteiger partial charge on any atom is -0.478 e. The van der Waals surface area contributed by atoms with Crippen LogP contribution in [0.25, 0.3) is 11.4 Å². The first kappa shape index (κ1) is 22.3. The van der Waals surface area contributed by atoms with E-state index in [4.69, 9.17) is 10.2 Å². The second kappa shape index (κ2) is 9.21. The number of carbonyl (C=O) groups is 2. The smallest absolute Gasteiger partial charge is 0.337 e. The van der Waals surface area contributed by atoms with Crippen LogP contribution in [0.15, 0.2) is 48.8 Å². The van der Waals surface area contributed by atoms with Crippen LogP contribution in [-0.4, -0.2) is 52.1 Å². The van der Waals surface area contributed by atoms with Crippen LogP contribution >= 0.6 is 0 Å². The van der Waals surface area contributed by atoms with Crippen molar-refractivity contribution in [2.75, 3.05) is 0 Å². The molecule has 0 aliphatic heterocycles. The Balaban J connectivity index is 0.000000181. The van der Waals surface area contributed by atoms with Crippen molar-refractivity contribution in [3.8, 4) is 11.4 Å². The summed E-state index contributed by atoms with van der Waals surface area (Å²) in [5.41, 5.74) is 4.72. The average molecular weight is 434 g/mol. The van der Waals surface area contributed by atoms with E-state index in [1.54, 1.807) is 50.5 Å². The van der Waals surface area contributed by atoms with Crippen LogP contribution in [-0.2, 0) is 0 Å². The molecule has 4 rings (SSSR count). The molecule has 0 saturated carbocycles. The van der Waals surface area contributed by atoms with Crippen molar-refractivity contribution in [3.63, 3.8) is 0 Å². The van der Waals surface area contributed by atoms with Gasteiger partial charge in [0.2, 0.25) is 0 Å². The summed E-state index contributed by atoms with van der Waals surface area (Å²) in [6.45, 7) is 7.30. The van der Waals surface area contributed by atoms with Crippen LogP contribution in [0, 0.1) is 27.7 Å². The number of hydrogen-bond donors (Lipinski definition) is 2. The van der Waals surface area contributed by atoms with Gasteiger partial charge in [-0.2, -0.15) is 15.0 Å². The first-order valence-corrected chi connectivity index (χ1v) is 9.62. The summed E-state index contributed by atoms with van der Waals surface area (Å²) in [6, 6.07) is 10.3. The van der Waals surface area contributed by atoms with Crippen molar-refractivity contribution >= 4 is 11.9 Å². The zero-order chi connectivity index (χ0) is 23.4. The van der Waals surface area contributed by atoms with E-state index in [1.165, 1.54) is 9.48 Å². The molecule has 0 aliphatic carbocycles. The summed E-state index contributed by atoms with van der Waals surface area (Å²) in [5.74, 6) is -1.94. The van der Waals surface area contributed by atoms with Gasteiger partial charge in [0.25, 0.3) is 0 Å². The molecule has 0 fully saturated rings. The molecule has 2 aromatic heterocycles. The molecule has 0 unspecified atom stereocenters. The number of benzene rings is 2. The Kier molecular flexibility index (Phi) is 6.43. The predicted octanol–water partition coefficient (Wildman–Crippen LogP) is 3.16. The van der Waals surface area contributed by atoms with Gasteiger partial charge in [-0.3, -0.25) is 0 Å². The molecule has 4 aromatic rings. The van der Waals surface area contributed by atoms with Crippen molar-refractivity contribution in [2.45, 2.75) is 27.7 Å². The third-order valence-corrected chi connectivity index (χ3v) is 4.44. The van der Waals surface area contributed by atoms with E-state index in [0.717, 1.165) is 22.5 Å². The standard InChI is InChI=1S/2C11H11N3O2/c1-7-3-4-10(9(5-7)11(15)16)14-6-8(2)12-13-14;1-7-3-4-10(9(5-7)11(15)16)14-12-6-8(2)13-14/h2*3-6H,1-2H3,(H,15,16). The fraction of sp³-hybridized carbons (Fsp3) is 0.182. The predicted molar refractivity (Wildman–Crippen MR) is 116 cm³/mol. The highest BCUT2D eigenvalue weighted by atomic mass is 16.4. The normalized spacial score (nSPS) is 10.4. The summed E-state index contributed by atoms with van der Waals surface area (Å²) in [5, 5.41) is 34.0. The minimum absolute atomic E-state index is 0.204. The molecule has 0 saturated heterocycles. The van der Waals surface area contributed by atoms with Crippen molar-refractivity contribution in [3.05, 3.63) is 82.4 Å². The van der Waals surface area contributed by atoms with Crippen LogP contribution < -0.4 is 0 Å². The number of aromatic nitrogens is 6. The lowest BCUT2D eigenvalue weighted by molar-refractivity contribution is 0.0685. The highest BCUT2D eigenvalue weighted by molar-refractivity contribution is 5.92. The topological polar surface area (TPSA) is 136 Å². The van der Waals surface area contributed by atoms with Gasteiger partial charge in [-0.15, -0.1) is 5.10 Å². The van der Waals surface area contributed by atoms with Gasteiger partial charge < -0.3 is 10.2 Å². The van der Waals surface area contributed by atoms with E-state index in [-0.39, 0.29) is 11.1 Å². The lowest BCUT2D eigenvalue weighted by atomic mass is 10.1. The summed E-state index contributed by atoms with van der Waals surface area (Å²) in [7, 11) is 0. The van der Waals surface area contributed by atoms with Crippen molar-refractivity contribution in [1.82, 2.24) is 30.0 Å². The fourth-order valence-electron chi connectivity index (χ4n) is 2.94. The Bertz CT molecular complexity index is 1190. The van der Waals surface area contributed by atoms with E-state index in [1.807, 2.05) is 26.0 Å². The van der Waals surface area contributed by atoms with Gasteiger partial charge >= 0.3 is 11.9 Å². The van der Waals surface area contributed by atoms with Crippen molar-refractivity contribution < 1.29 is 19.8 Å². The Morgan fingerprint density at radius 1 is 0.812 bits per heavy atom. The molecule has 0 bridgehead atoms. The van der Waals surface area contributed by atoms with Gasteiger partial charge in [0.15, 0.2) is 0 Å². The Labute approximate surface area is 183 Å². The van der Waals surface area contributed by atoms with Crippen LogP contribution in [0.5, 0.6) is 0 Å². The molecule has 10 heteroatoms. The van der Waals surface area contributed by atoms with E-state index in [9.17, 15) is 9.59 Å². The SMILES string of the molecule is Cc1ccc(-n2cc(C)nn2)c(C(=O)O)c1.Cc1ccc(-n2ncc(C)n2)c(C(=O)O)c1. The van der Waals surface area contributed by atoms with Gasteiger partial charge in [0, 0.05) is 0 Å². The molecular weight excluding hydrogens is 412 g/mol. The lowest BCUT2D eigenvalue weighted by Crippen LogP contribution is -2.08. The summed E-state index contributed by atoms with van der Waals surface area (Å²) in [6.07, 6.45) is 3.28.